The number of fused-ring (bicyclic) bond motifs is 1. The molecule has 2 aliphatic heterocycles. The molecule has 1 amide bonds. The molecule has 0 radical (unpaired) electrons. The average Bonchev–Trinajstić information content (AvgIpc) is 3.39. The number of hydrogen-bond donors (Lipinski definition) is 2. The zero-order valence-corrected chi connectivity index (χ0v) is 25.9. The van der Waals surface area contributed by atoms with E-state index in [1.54, 1.807) is 11.1 Å². The highest BCUT2D eigenvalue weighted by molar-refractivity contribution is 6.66. The Hall–Kier alpha value is -2.86. The van der Waals surface area contributed by atoms with E-state index in [2.05, 4.69) is 32.1 Å². The summed E-state index contributed by atoms with van der Waals surface area (Å²) in [7, 11) is -0.567. The summed E-state index contributed by atoms with van der Waals surface area (Å²) in [4.78, 5) is 29.1. The highest BCUT2D eigenvalue weighted by atomic mass is 35.5. The third kappa shape index (κ3) is 6.18. The Balaban J connectivity index is 1.26. The van der Waals surface area contributed by atoms with Crippen molar-refractivity contribution >= 4 is 53.1 Å². The highest BCUT2D eigenvalue weighted by Crippen LogP contribution is 2.37. The van der Waals surface area contributed by atoms with Gasteiger partial charge in [0.25, 0.3) is 0 Å². The van der Waals surface area contributed by atoms with Gasteiger partial charge < -0.3 is 29.2 Å². The number of benzene rings is 1. The summed E-state index contributed by atoms with van der Waals surface area (Å²) in [5, 5.41) is 3.81. The Morgan fingerprint density at radius 2 is 1.78 bits per heavy atom. The van der Waals surface area contributed by atoms with Gasteiger partial charge >= 0.3 is 13.2 Å². The van der Waals surface area contributed by atoms with Crippen molar-refractivity contribution in [2.75, 3.05) is 31.5 Å². The maximum atomic E-state index is 12.4. The van der Waals surface area contributed by atoms with Crippen LogP contribution in [0.4, 0.5) is 16.6 Å². The molecule has 5 rings (SSSR count). The van der Waals surface area contributed by atoms with Gasteiger partial charge in [0.15, 0.2) is 0 Å². The van der Waals surface area contributed by atoms with Crippen molar-refractivity contribution in [1.29, 1.82) is 0 Å². The van der Waals surface area contributed by atoms with Crippen molar-refractivity contribution in [3.63, 3.8) is 0 Å². The van der Waals surface area contributed by atoms with Crippen LogP contribution in [0.3, 0.4) is 0 Å². The zero-order chi connectivity index (χ0) is 29.7. The quantitative estimate of drug-likeness (QED) is 0.392. The molecule has 1 aromatic carbocycles. The zero-order valence-electron chi connectivity index (χ0n) is 25.2. The molecule has 1 unspecified atom stereocenters. The maximum Gasteiger partial charge on any atom is 0.496 e. The Kier molecular flexibility index (Phi) is 7.78. The standard InChI is InChI=1S/C29H40BClN6O4/c1-18(36-13-15-37(16-14-36)26(38)39-27(2,3)4)19-11-12-32-22(17-19)34-25-33-21-10-9-20(23(31)24(21)35-25)30-40-28(5,6)29(7,8)41-30/h9-12,17-18H,13-16H2,1-8H3,(H2,32,33,34,35). The Morgan fingerprint density at radius 3 is 2.41 bits per heavy atom. The lowest BCUT2D eigenvalue weighted by atomic mass is 9.79. The van der Waals surface area contributed by atoms with Gasteiger partial charge in [-0.15, -0.1) is 0 Å². The molecular formula is C29H40BClN6O4. The molecule has 10 nitrogen and oxygen atoms in total. The van der Waals surface area contributed by atoms with Crippen molar-refractivity contribution in [2.24, 2.45) is 0 Å². The smallest absolute Gasteiger partial charge is 0.444 e. The van der Waals surface area contributed by atoms with Crippen LogP contribution in [0.2, 0.25) is 5.02 Å². The number of anilines is 2. The van der Waals surface area contributed by atoms with Crippen molar-refractivity contribution in [3.05, 3.63) is 41.0 Å². The number of imidazole rings is 1. The lowest BCUT2D eigenvalue weighted by Gasteiger charge is -2.38. The second kappa shape index (κ2) is 10.8. The van der Waals surface area contributed by atoms with Crippen molar-refractivity contribution in [3.8, 4) is 0 Å². The van der Waals surface area contributed by atoms with Crippen LogP contribution in [0.1, 0.15) is 67.0 Å². The number of pyridine rings is 1. The number of aromatic nitrogens is 3. The van der Waals surface area contributed by atoms with Gasteiger partial charge in [0.2, 0.25) is 5.95 Å². The van der Waals surface area contributed by atoms with Crippen LogP contribution < -0.4 is 10.8 Å². The van der Waals surface area contributed by atoms with Crippen molar-refractivity contribution in [1.82, 2.24) is 24.8 Å². The molecule has 0 bridgehead atoms. The number of nitrogens with one attached hydrogen (secondary N) is 2. The van der Waals surface area contributed by atoms with Gasteiger partial charge in [-0.25, -0.2) is 14.8 Å². The number of halogens is 1. The summed E-state index contributed by atoms with van der Waals surface area (Å²) in [5.74, 6) is 1.21. The predicted octanol–water partition coefficient (Wildman–Crippen LogP) is 5.27. The molecule has 220 valence electrons. The van der Waals surface area contributed by atoms with E-state index in [1.165, 1.54) is 0 Å². The second-order valence-corrected chi connectivity index (χ2v) is 13.2. The maximum absolute atomic E-state index is 12.4. The Bertz CT molecular complexity index is 1410. The van der Waals surface area contributed by atoms with E-state index in [0.29, 0.717) is 35.4 Å². The van der Waals surface area contributed by atoms with Crippen LogP contribution in [-0.4, -0.2) is 80.9 Å². The minimum absolute atomic E-state index is 0.145. The number of carbonyl (C=O) groups is 1. The summed E-state index contributed by atoms with van der Waals surface area (Å²) in [6, 6.07) is 8.00. The lowest BCUT2D eigenvalue weighted by molar-refractivity contribution is 0.00578. The minimum atomic E-state index is -0.567. The van der Waals surface area contributed by atoms with Crippen LogP contribution in [-0.2, 0) is 14.0 Å². The minimum Gasteiger partial charge on any atom is -0.444 e. The van der Waals surface area contributed by atoms with E-state index in [9.17, 15) is 4.79 Å². The molecule has 1 atom stereocenters. The molecule has 2 saturated heterocycles. The number of H-pyrrole nitrogens is 1. The average molecular weight is 583 g/mol. The van der Waals surface area contributed by atoms with Crippen LogP contribution >= 0.6 is 11.6 Å². The van der Waals surface area contributed by atoms with E-state index in [0.717, 1.165) is 29.6 Å². The van der Waals surface area contributed by atoms with Crippen LogP contribution in [0.25, 0.3) is 11.0 Å². The lowest BCUT2D eigenvalue weighted by Crippen LogP contribution is -2.50. The van der Waals surface area contributed by atoms with Gasteiger partial charge in [-0.3, -0.25) is 4.90 Å². The highest BCUT2D eigenvalue weighted by Gasteiger charge is 2.52. The molecule has 2 N–H and O–H groups in total. The van der Waals surface area contributed by atoms with E-state index in [-0.39, 0.29) is 12.1 Å². The van der Waals surface area contributed by atoms with Gasteiger partial charge in [-0.1, -0.05) is 17.7 Å². The monoisotopic (exact) mass is 582 g/mol. The SMILES string of the molecule is CC(c1ccnc(Nc2nc3ccc(B4OC(C)(C)C(C)(C)O4)c(Cl)c3[nH]2)c1)N1CCN(C(=O)OC(C)(C)C)CC1. The number of ether oxygens (including phenoxy) is 1. The number of carbonyl (C=O) groups excluding carboxylic acids is 1. The van der Waals surface area contributed by atoms with Gasteiger partial charge in [0.05, 0.1) is 27.3 Å². The first kappa shape index (κ1) is 29.6. The first-order chi connectivity index (χ1) is 19.1. The normalized spacial score (nSPS) is 19.9. The molecule has 0 saturated carbocycles. The number of piperazine rings is 1. The summed E-state index contributed by atoms with van der Waals surface area (Å²) < 4.78 is 17.9. The summed E-state index contributed by atoms with van der Waals surface area (Å²) >= 11 is 6.83. The van der Waals surface area contributed by atoms with Gasteiger partial charge in [0.1, 0.15) is 11.4 Å². The molecule has 2 aromatic heterocycles. The van der Waals surface area contributed by atoms with E-state index in [4.69, 9.17) is 25.6 Å². The molecule has 2 aliphatic rings. The fourth-order valence-electron chi connectivity index (χ4n) is 5.00. The molecule has 0 aliphatic carbocycles. The fourth-order valence-corrected chi connectivity index (χ4v) is 5.29. The predicted molar refractivity (Wildman–Crippen MR) is 162 cm³/mol. The number of nitrogens with zero attached hydrogens (tertiary/aromatic N) is 4. The van der Waals surface area contributed by atoms with Gasteiger partial charge in [-0.2, -0.15) is 0 Å². The van der Waals surface area contributed by atoms with Crippen LogP contribution in [0.5, 0.6) is 0 Å². The molecule has 0 spiro atoms. The third-order valence-electron chi connectivity index (χ3n) is 8.16. The number of aromatic amines is 1. The fraction of sp³-hybridized carbons (Fsp3) is 0.552. The number of rotatable bonds is 5. The first-order valence-electron chi connectivity index (χ1n) is 14.1. The molecule has 2 fully saturated rings. The van der Waals surface area contributed by atoms with E-state index >= 15 is 0 Å². The molecule has 4 heterocycles. The van der Waals surface area contributed by atoms with Crippen molar-refractivity contribution in [2.45, 2.75) is 78.2 Å². The van der Waals surface area contributed by atoms with Gasteiger partial charge in [-0.05, 0) is 79.2 Å². The molecule has 41 heavy (non-hydrogen) atoms. The van der Waals surface area contributed by atoms with Gasteiger partial charge in [0, 0.05) is 43.9 Å². The summed E-state index contributed by atoms with van der Waals surface area (Å²) in [5.41, 5.74) is 1.88. The topological polar surface area (TPSA) is 105 Å². The largest absolute Gasteiger partial charge is 0.496 e. The van der Waals surface area contributed by atoms with E-state index < -0.39 is 23.9 Å². The summed E-state index contributed by atoms with van der Waals surface area (Å²) in [6.07, 6.45) is 1.53. The molecular weight excluding hydrogens is 543 g/mol. The first-order valence-corrected chi connectivity index (χ1v) is 14.5. The third-order valence-corrected chi connectivity index (χ3v) is 8.57. The Morgan fingerprint density at radius 1 is 1.12 bits per heavy atom. The van der Waals surface area contributed by atoms with E-state index in [1.807, 2.05) is 72.7 Å². The van der Waals surface area contributed by atoms with Crippen molar-refractivity contribution < 1.29 is 18.8 Å². The molecule has 12 heteroatoms. The number of hydrogen-bond acceptors (Lipinski definition) is 8. The molecule has 3 aromatic rings. The second-order valence-electron chi connectivity index (χ2n) is 12.8. The number of amides is 1. The summed E-state index contributed by atoms with van der Waals surface area (Å²) in [6.45, 7) is 18.7. The van der Waals surface area contributed by atoms with Crippen LogP contribution in [0, 0.1) is 0 Å². The Labute approximate surface area is 247 Å². The van der Waals surface area contributed by atoms with Crippen LogP contribution in [0.15, 0.2) is 30.5 Å².